The van der Waals surface area contributed by atoms with Crippen molar-refractivity contribution in [1.29, 1.82) is 0 Å². The van der Waals surface area contributed by atoms with Gasteiger partial charge in [-0.2, -0.15) is 0 Å². The van der Waals surface area contributed by atoms with Crippen LogP contribution in [0.3, 0.4) is 0 Å². The molecule has 0 spiro atoms. The van der Waals surface area contributed by atoms with Crippen LogP contribution in [0, 0.1) is 0 Å². The SMILES string of the molecule is Br.CCCC[N+]1(C)C2CC(OC(=O)C(CO)c3ccccc3)CC1C1OC12.CCCN(CCC)C(=O)C(CCC(=O)[O-])NC(=O)c1ccccc1. The van der Waals surface area contributed by atoms with Gasteiger partial charge in [0, 0.05) is 37.5 Å². The third-order valence-electron chi connectivity index (χ3n) is 10.4. The Morgan fingerprint density at radius 1 is 0.941 bits per heavy atom. The predicted octanol–water partition coefficient (Wildman–Crippen LogP) is 3.77. The van der Waals surface area contributed by atoms with Gasteiger partial charge in [-0.15, -0.1) is 17.0 Å². The Hall–Kier alpha value is -3.32. The van der Waals surface area contributed by atoms with E-state index in [4.69, 9.17) is 9.47 Å². The number of likely N-dealkylation sites (N-methyl/N-ethyl adjacent to an activating group) is 1. The Balaban J connectivity index is 0.000000271. The highest BCUT2D eigenvalue weighted by Gasteiger charge is 2.71. The zero-order valence-corrected chi connectivity index (χ0v) is 32.1. The molecule has 11 nitrogen and oxygen atoms in total. The van der Waals surface area contributed by atoms with E-state index in [2.05, 4.69) is 19.3 Å². The molecule has 5 rings (SSSR count). The summed E-state index contributed by atoms with van der Waals surface area (Å²) in [5.74, 6) is -2.77. The summed E-state index contributed by atoms with van der Waals surface area (Å²) in [6.07, 6.45) is 6.16. The number of ether oxygens (including phenoxy) is 2. The molecule has 6 unspecified atom stereocenters. The molecule has 0 saturated carbocycles. The monoisotopic (exact) mass is 773 g/mol. The lowest BCUT2D eigenvalue weighted by Crippen LogP contribution is -2.62. The van der Waals surface area contributed by atoms with E-state index in [9.17, 15) is 29.4 Å². The van der Waals surface area contributed by atoms with Crippen LogP contribution in [-0.2, 0) is 23.9 Å². The number of unbranched alkanes of at least 4 members (excludes halogenated alkanes) is 1. The number of hydrogen-bond acceptors (Lipinski definition) is 8. The minimum absolute atomic E-state index is 0. The molecule has 2 N–H and O–H groups in total. The molecule has 3 heterocycles. The molecule has 6 atom stereocenters. The lowest BCUT2D eigenvalue weighted by atomic mass is 9.94. The largest absolute Gasteiger partial charge is 0.550 e. The molecule has 51 heavy (non-hydrogen) atoms. The van der Waals surface area contributed by atoms with Crippen molar-refractivity contribution in [2.45, 2.75) is 114 Å². The minimum atomic E-state index is -1.24. The maximum Gasteiger partial charge on any atom is 0.316 e. The zero-order chi connectivity index (χ0) is 36.3. The van der Waals surface area contributed by atoms with Crippen LogP contribution >= 0.6 is 17.0 Å². The Bertz CT molecular complexity index is 1390. The van der Waals surface area contributed by atoms with Crippen molar-refractivity contribution in [3.8, 4) is 0 Å². The molecule has 3 fully saturated rings. The zero-order valence-electron chi connectivity index (χ0n) is 30.4. The van der Waals surface area contributed by atoms with E-state index in [1.54, 1.807) is 35.2 Å². The van der Waals surface area contributed by atoms with Crippen LogP contribution in [0.25, 0.3) is 0 Å². The number of aliphatic hydroxyl groups excluding tert-OH is 1. The second kappa shape index (κ2) is 20.1. The molecular formula is C39H56BrN3O8. The van der Waals surface area contributed by atoms with Crippen LogP contribution in [0.5, 0.6) is 0 Å². The number of carboxylic acid groups (broad SMARTS) is 1. The van der Waals surface area contributed by atoms with Crippen molar-refractivity contribution in [2.24, 2.45) is 0 Å². The summed E-state index contributed by atoms with van der Waals surface area (Å²) in [5, 5.41) is 23.1. The van der Waals surface area contributed by atoms with Crippen LogP contribution in [0.4, 0.5) is 0 Å². The van der Waals surface area contributed by atoms with Gasteiger partial charge in [0.15, 0.2) is 0 Å². The number of morpholine rings is 1. The number of quaternary nitrogens is 1. The van der Waals surface area contributed by atoms with Crippen molar-refractivity contribution >= 4 is 40.7 Å². The average molecular weight is 775 g/mol. The van der Waals surface area contributed by atoms with Gasteiger partial charge in [-0.1, -0.05) is 75.7 Å². The van der Waals surface area contributed by atoms with Gasteiger partial charge < -0.3 is 39.2 Å². The standard InChI is InChI=1S/C21H30NO4.C18H26N2O4.BrH/c1-3-4-10-22(2)17-11-15(12-18(22)20-19(17)26-20)25-21(24)16(13-23)14-8-6-5-7-9-14;1-3-12-20(13-4-2)18(24)15(10-11-16(21)22)19-17(23)14-8-6-5-7-9-14;/h5-9,15-20,23H,3-4,10-13H2,1-2H3;5-9,15H,3-4,10-13H2,1-2H3,(H,19,23)(H,21,22);1H/q+1;;/p-1. The van der Waals surface area contributed by atoms with E-state index in [1.165, 1.54) is 19.4 Å². The highest BCUT2D eigenvalue weighted by Crippen LogP contribution is 2.53. The number of amides is 2. The Morgan fingerprint density at radius 2 is 1.51 bits per heavy atom. The van der Waals surface area contributed by atoms with E-state index >= 15 is 0 Å². The van der Waals surface area contributed by atoms with E-state index in [0.717, 1.165) is 35.7 Å². The first kappa shape index (κ1) is 42.1. The number of aliphatic hydroxyl groups is 1. The molecule has 2 aromatic rings. The molecule has 2 aromatic carbocycles. The highest BCUT2D eigenvalue weighted by molar-refractivity contribution is 8.93. The highest BCUT2D eigenvalue weighted by atomic mass is 79.9. The smallest absolute Gasteiger partial charge is 0.316 e. The molecule has 12 heteroatoms. The number of nitrogens with one attached hydrogen (secondary N) is 1. The summed E-state index contributed by atoms with van der Waals surface area (Å²) < 4.78 is 12.9. The fourth-order valence-electron chi connectivity index (χ4n) is 7.67. The molecule has 282 valence electrons. The van der Waals surface area contributed by atoms with Crippen molar-refractivity contribution < 1.29 is 43.3 Å². The van der Waals surface area contributed by atoms with Gasteiger partial charge in [-0.3, -0.25) is 14.4 Å². The lowest BCUT2D eigenvalue weighted by molar-refractivity contribution is -0.956. The number of benzene rings is 2. The number of epoxide rings is 1. The number of aliphatic carboxylic acids is 1. The number of esters is 1. The summed E-state index contributed by atoms with van der Waals surface area (Å²) >= 11 is 0. The first-order valence-electron chi connectivity index (χ1n) is 18.3. The van der Waals surface area contributed by atoms with Gasteiger partial charge in [0.25, 0.3) is 5.91 Å². The number of carbonyl (C=O) groups is 4. The number of fused-ring (bicyclic) bond motifs is 5. The first-order chi connectivity index (χ1) is 24.1. The van der Waals surface area contributed by atoms with Crippen molar-refractivity contribution in [3.63, 3.8) is 0 Å². The van der Waals surface area contributed by atoms with Gasteiger partial charge in [-0.05, 0) is 49.8 Å². The van der Waals surface area contributed by atoms with Gasteiger partial charge in [0.1, 0.15) is 42.4 Å². The summed E-state index contributed by atoms with van der Waals surface area (Å²) in [7, 11) is 2.36. The number of hydrogen-bond donors (Lipinski definition) is 2. The molecule has 2 amide bonds. The summed E-state index contributed by atoms with van der Waals surface area (Å²) in [6.45, 7) is 8.29. The Labute approximate surface area is 313 Å². The van der Waals surface area contributed by atoms with Crippen molar-refractivity contribution in [2.75, 3.05) is 33.3 Å². The normalized spacial score (nSPS) is 25.1. The second-order valence-electron chi connectivity index (χ2n) is 13.9. The molecule has 3 saturated heterocycles. The third-order valence-corrected chi connectivity index (χ3v) is 10.4. The molecule has 0 radical (unpaired) electrons. The van der Waals surface area contributed by atoms with Crippen LogP contribution in [0.2, 0.25) is 0 Å². The number of carbonyl (C=O) groups excluding carboxylic acids is 4. The maximum absolute atomic E-state index is 12.7. The molecule has 2 bridgehead atoms. The van der Waals surface area contributed by atoms with E-state index in [1.807, 2.05) is 44.2 Å². The molecule has 3 aliphatic rings. The van der Waals surface area contributed by atoms with Gasteiger partial charge in [-0.25, -0.2) is 0 Å². The first-order valence-corrected chi connectivity index (χ1v) is 18.3. The summed E-state index contributed by atoms with van der Waals surface area (Å²) in [6, 6.07) is 18.0. The number of piperidine rings is 1. The minimum Gasteiger partial charge on any atom is -0.550 e. The molecule has 0 aromatic heterocycles. The van der Waals surface area contributed by atoms with Crippen molar-refractivity contribution in [1.82, 2.24) is 10.2 Å². The maximum atomic E-state index is 12.7. The fourth-order valence-corrected chi connectivity index (χ4v) is 7.67. The number of carboxylic acids is 1. The topological polar surface area (TPSA) is 149 Å². The third kappa shape index (κ3) is 10.8. The lowest BCUT2D eigenvalue weighted by Gasteiger charge is -2.48. The number of rotatable bonds is 17. The predicted molar refractivity (Wildman–Crippen MR) is 197 cm³/mol. The fraction of sp³-hybridized carbons (Fsp3) is 0.590. The van der Waals surface area contributed by atoms with Crippen LogP contribution in [0.1, 0.15) is 94.0 Å². The summed E-state index contributed by atoms with van der Waals surface area (Å²) in [4.78, 5) is 50.1. The number of halogens is 1. The van der Waals surface area contributed by atoms with Gasteiger partial charge in [0.2, 0.25) is 5.91 Å². The number of nitrogens with zero attached hydrogens (tertiary/aromatic N) is 2. The Kier molecular flexibility index (Phi) is 16.6. The van der Waals surface area contributed by atoms with E-state index in [-0.39, 0.29) is 60.3 Å². The van der Waals surface area contributed by atoms with Gasteiger partial charge in [0.05, 0.1) is 20.2 Å². The molecular weight excluding hydrogens is 718 g/mol. The van der Waals surface area contributed by atoms with E-state index < -0.39 is 17.9 Å². The quantitative estimate of drug-likeness (QED) is 0.140. The van der Waals surface area contributed by atoms with Crippen molar-refractivity contribution in [3.05, 3.63) is 71.8 Å². The summed E-state index contributed by atoms with van der Waals surface area (Å²) in [5.41, 5.74) is 1.25. The second-order valence-corrected chi connectivity index (χ2v) is 13.9. The van der Waals surface area contributed by atoms with Crippen LogP contribution < -0.4 is 10.4 Å². The molecule has 0 aliphatic carbocycles. The van der Waals surface area contributed by atoms with Crippen LogP contribution in [-0.4, -0.2) is 108 Å². The molecule has 3 aliphatic heterocycles. The van der Waals surface area contributed by atoms with Crippen LogP contribution in [0.15, 0.2) is 60.7 Å². The van der Waals surface area contributed by atoms with E-state index in [0.29, 0.717) is 42.9 Å². The van der Waals surface area contributed by atoms with Gasteiger partial charge >= 0.3 is 5.97 Å². The average Bonchev–Trinajstić information content (AvgIpc) is 3.89. The Morgan fingerprint density at radius 3 is 2.02 bits per heavy atom.